The lowest BCUT2D eigenvalue weighted by Gasteiger charge is -2.35. The van der Waals surface area contributed by atoms with Crippen LogP contribution in [0, 0.1) is 0 Å². The number of hydrogen-bond donors (Lipinski definition) is 1. The van der Waals surface area contributed by atoms with Crippen molar-refractivity contribution < 1.29 is 4.79 Å². The second-order valence-electron chi connectivity index (χ2n) is 6.98. The van der Waals surface area contributed by atoms with Crippen molar-refractivity contribution in [3.63, 3.8) is 0 Å². The first-order valence-corrected chi connectivity index (χ1v) is 8.61. The second-order valence-corrected chi connectivity index (χ2v) is 7.90. The lowest BCUT2D eigenvalue weighted by atomic mass is 10.1. The lowest BCUT2D eigenvalue weighted by Crippen LogP contribution is -2.51. The molecule has 1 N–H and O–H groups in total. The predicted octanol–water partition coefficient (Wildman–Crippen LogP) is 2.48. The van der Waals surface area contributed by atoms with E-state index in [-0.39, 0.29) is 11.4 Å². The number of piperazine rings is 1. The Balaban J connectivity index is 1.75. The number of hydrogen-bond acceptors (Lipinski definition) is 3. The number of carbonyl (C=O) groups is 1. The molecule has 1 fully saturated rings. The monoisotopic (exact) mass is 367 g/mol. The number of carbonyl (C=O) groups excluding carboxylic acids is 1. The number of rotatable bonds is 4. The molecule has 1 amide bonds. The number of nitrogens with one attached hydrogen (secondary N) is 1. The number of benzene rings is 1. The molecule has 0 aromatic heterocycles. The quantitative estimate of drug-likeness (QED) is 0.887. The fourth-order valence-corrected chi connectivity index (χ4v) is 3.11. The van der Waals surface area contributed by atoms with E-state index in [0.29, 0.717) is 6.54 Å². The minimum absolute atomic E-state index is 0.118. The average Bonchev–Trinajstić information content (AvgIpc) is 2.39. The minimum Gasteiger partial charge on any atom is -0.350 e. The molecule has 1 saturated heterocycles. The minimum atomic E-state index is -0.153. The second kappa shape index (κ2) is 7.57. The van der Waals surface area contributed by atoms with Crippen molar-refractivity contribution in [1.82, 2.24) is 15.1 Å². The van der Waals surface area contributed by atoms with E-state index in [1.165, 1.54) is 5.56 Å². The van der Waals surface area contributed by atoms with Gasteiger partial charge in [-0.1, -0.05) is 28.1 Å². The highest BCUT2D eigenvalue weighted by molar-refractivity contribution is 9.10. The Morgan fingerprint density at radius 2 is 1.82 bits per heavy atom. The van der Waals surface area contributed by atoms with Gasteiger partial charge in [-0.25, -0.2) is 0 Å². The van der Waals surface area contributed by atoms with Gasteiger partial charge in [-0.2, -0.15) is 0 Å². The zero-order valence-corrected chi connectivity index (χ0v) is 15.3. The number of amides is 1. The highest BCUT2D eigenvalue weighted by Crippen LogP contribution is 2.14. The fourth-order valence-electron chi connectivity index (χ4n) is 2.66. The zero-order chi connectivity index (χ0) is 16.2. The molecule has 0 bridgehead atoms. The van der Waals surface area contributed by atoms with Crippen molar-refractivity contribution in [2.75, 3.05) is 32.7 Å². The molecular weight excluding hydrogens is 342 g/mol. The van der Waals surface area contributed by atoms with Crippen LogP contribution in [0.3, 0.4) is 0 Å². The van der Waals surface area contributed by atoms with Gasteiger partial charge < -0.3 is 5.32 Å². The van der Waals surface area contributed by atoms with Crippen LogP contribution in [-0.2, 0) is 11.3 Å². The normalized spacial score (nSPS) is 17.5. The van der Waals surface area contributed by atoms with E-state index < -0.39 is 0 Å². The van der Waals surface area contributed by atoms with Crippen LogP contribution in [0.1, 0.15) is 26.3 Å². The molecule has 1 aliphatic heterocycles. The van der Waals surface area contributed by atoms with Gasteiger partial charge in [-0.15, -0.1) is 0 Å². The maximum absolute atomic E-state index is 12.0. The Bertz CT molecular complexity index is 505. The van der Waals surface area contributed by atoms with E-state index in [9.17, 15) is 4.79 Å². The highest BCUT2D eigenvalue weighted by Gasteiger charge is 2.21. The molecule has 5 heteroatoms. The van der Waals surface area contributed by atoms with E-state index >= 15 is 0 Å². The molecule has 22 heavy (non-hydrogen) atoms. The summed E-state index contributed by atoms with van der Waals surface area (Å²) in [6.07, 6.45) is 0. The highest BCUT2D eigenvalue weighted by atomic mass is 79.9. The first-order chi connectivity index (χ1) is 10.3. The van der Waals surface area contributed by atoms with Crippen molar-refractivity contribution in [3.05, 3.63) is 34.3 Å². The van der Waals surface area contributed by atoms with Crippen molar-refractivity contribution >= 4 is 21.8 Å². The topological polar surface area (TPSA) is 35.6 Å². The third kappa shape index (κ3) is 6.07. The lowest BCUT2D eigenvalue weighted by molar-refractivity contribution is -0.124. The maximum Gasteiger partial charge on any atom is 0.234 e. The summed E-state index contributed by atoms with van der Waals surface area (Å²) in [4.78, 5) is 16.6. The molecule has 0 aliphatic carbocycles. The molecule has 1 aromatic carbocycles. The van der Waals surface area contributed by atoms with Crippen LogP contribution in [0.5, 0.6) is 0 Å². The van der Waals surface area contributed by atoms with Gasteiger partial charge in [0.05, 0.1) is 6.54 Å². The fraction of sp³-hybridized carbons (Fsp3) is 0.588. The van der Waals surface area contributed by atoms with Crippen LogP contribution in [0.4, 0.5) is 0 Å². The Morgan fingerprint density at radius 3 is 2.41 bits per heavy atom. The molecule has 2 rings (SSSR count). The van der Waals surface area contributed by atoms with Gasteiger partial charge in [-0.05, 0) is 38.5 Å². The summed E-state index contributed by atoms with van der Waals surface area (Å²) in [6, 6.07) is 8.46. The zero-order valence-electron chi connectivity index (χ0n) is 13.7. The van der Waals surface area contributed by atoms with Crippen LogP contribution in [0.25, 0.3) is 0 Å². The molecule has 4 nitrogen and oxygen atoms in total. The smallest absolute Gasteiger partial charge is 0.234 e. The van der Waals surface area contributed by atoms with Crippen LogP contribution in [-0.4, -0.2) is 54.0 Å². The summed E-state index contributed by atoms with van der Waals surface area (Å²) >= 11 is 3.52. The van der Waals surface area contributed by atoms with E-state index in [2.05, 4.69) is 55.3 Å². The third-order valence-corrected chi connectivity index (χ3v) is 4.14. The van der Waals surface area contributed by atoms with E-state index in [1.807, 2.05) is 20.8 Å². The summed E-state index contributed by atoms with van der Waals surface area (Å²) in [5, 5.41) is 3.02. The van der Waals surface area contributed by atoms with Crippen molar-refractivity contribution in [2.24, 2.45) is 0 Å². The van der Waals surface area contributed by atoms with Gasteiger partial charge in [0, 0.05) is 42.7 Å². The SMILES string of the molecule is CC(C)(C)NC(=O)CN1CCN(Cc2cccc(Br)c2)CC1. The van der Waals surface area contributed by atoms with Crippen LogP contribution < -0.4 is 5.32 Å². The Morgan fingerprint density at radius 1 is 1.18 bits per heavy atom. The van der Waals surface area contributed by atoms with Crippen LogP contribution in [0.2, 0.25) is 0 Å². The number of nitrogens with zero attached hydrogens (tertiary/aromatic N) is 2. The van der Waals surface area contributed by atoms with Crippen molar-refractivity contribution in [2.45, 2.75) is 32.9 Å². The van der Waals surface area contributed by atoms with E-state index in [1.54, 1.807) is 0 Å². The summed E-state index contributed by atoms with van der Waals surface area (Å²) in [7, 11) is 0. The largest absolute Gasteiger partial charge is 0.350 e. The molecule has 0 atom stereocenters. The first kappa shape index (κ1) is 17.4. The van der Waals surface area contributed by atoms with E-state index in [0.717, 1.165) is 37.2 Å². The Labute approximate surface area is 142 Å². The molecule has 122 valence electrons. The average molecular weight is 368 g/mol. The summed E-state index contributed by atoms with van der Waals surface area (Å²) in [6.45, 7) is 11.4. The van der Waals surface area contributed by atoms with Gasteiger partial charge in [0.1, 0.15) is 0 Å². The van der Waals surface area contributed by atoms with Gasteiger partial charge in [0.15, 0.2) is 0 Å². The first-order valence-electron chi connectivity index (χ1n) is 7.82. The number of halogens is 1. The molecule has 1 aliphatic rings. The molecule has 0 saturated carbocycles. The molecule has 1 heterocycles. The van der Waals surface area contributed by atoms with Gasteiger partial charge in [0.25, 0.3) is 0 Å². The Hall–Kier alpha value is -0.910. The predicted molar refractivity (Wildman–Crippen MR) is 93.8 cm³/mol. The standard InChI is InChI=1S/C17H26BrN3O/c1-17(2,3)19-16(22)13-21-9-7-20(8-10-21)12-14-5-4-6-15(18)11-14/h4-6,11H,7-10,12-13H2,1-3H3,(H,19,22). The Kier molecular flexibility index (Phi) is 6.01. The third-order valence-electron chi connectivity index (χ3n) is 3.64. The van der Waals surface area contributed by atoms with Crippen molar-refractivity contribution in [3.8, 4) is 0 Å². The van der Waals surface area contributed by atoms with Crippen molar-refractivity contribution in [1.29, 1.82) is 0 Å². The van der Waals surface area contributed by atoms with Gasteiger partial charge in [-0.3, -0.25) is 14.6 Å². The summed E-state index contributed by atoms with van der Waals surface area (Å²) < 4.78 is 1.13. The van der Waals surface area contributed by atoms with Gasteiger partial charge in [0.2, 0.25) is 5.91 Å². The van der Waals surface area contributed by atoms with Crippen LogP contribution >= 0.6 is 15.9 Å². The molecule has 0 radical (unpaired) electrons. The summed E-state index contributed by atoms with van der Waals surface area (Å²) in [5.74, 6) is 0.118. The molecule has 0 unspecified atom stereocenters. The molecule has 1 aromatic rings. The van der Waals surface area contributed by atoms with Gasteiger partial charge >= 0.3 is 0 Å². The molecular formula is C17H26BrN3O. The summed E-state index contributed by atoms with van der Waals surface area (Å²) in [5.41, 5.74) is 1.17. The van der Waals surface area contributed by atoms with E-state index in [4.69, 9.17) is 0 Å². The maximum atomic E-state index is 12.0. The van der Waals surface area contributed by atoms with Crippen LogP contribution in [0.15, 0.2) is 28.7 Å². The molecule has 0 spiro atoms.